The lowest BCUT2D eigenvalue weighted by Crippen LogP contribution is -2.17. The standard InChI is InChI=1S/C19H15N3O/c23-19(16-4-2-10-20-11-16)22-21-12-15-9-8-14-7-6-13-3-1-5-17(15)18(13)14/h1-5,8-12H,6-7H2,(H,22,23)/b21-12-. The third kappa shape index (κ3) is 2.48. The van der Waals surface area contributed by atoms with Crippen LogP contribution in [-0.2, 0) is 12.8 Å². The van der Waals surface area contributed by atoms with Crippen LogP contribution in [0.2, 0.25) is 0 Å². The molecule has 23 heavy (non-hydrogen) atoms. The van der Waals surface area contributed by atoms with Gasteiger partial charge in [-0.2, -0.15) is 5.10 Å². The average Bonchev–Trinajstić information content (AvgIpc) is 3.02. The van der Waals surface area contributed by atoms with Gasteiger partial charge in [0.15, 0.2) is 0 Å². The first-order valence-electron chi connectivity index (χ1n) is 7.60. The highest BCUT2D eigenvalue weighted by Crippen LogP contribution is 2.32. The molecule has 1 aliphatic carbocycles. The Morgan fingerprint density at radius 2 is 1.96 bits per heavy atom. The SMILES string of the molecule is O=C(N/N=C\c1ccc2c3c(cccc13)CC2)c1cccnc1. The van der Waals surface area contributed by atoms with Gasteiger partial charge in [0.1, 0.15) is 0 Å². The van der Waals surface area contributed by atoms with Gasteiger partial charge in [0.25, 0.3) is 5.91 Å². The zero-order chi connectivity index (χ0) is 15.6. The Hall–Kier alpha value is -3.01. The van der Waals surface area contributed by atoms with Crippen LogP contribution in [0.3, 0.4) is 0 Å². The van der Waals surface area contributed by atoms with Crippen molar-refractivity contribution >= 4 is 22.9 Å². The molecule has 2 aromatic carbocycles. The molecule has 0 fully saturated rings. The molecule has 4 nitrogen and oxygen atoms in total. The highest BCUT2D eigenvalue weighted by molar-refractivity contribution is 6.03. The van der Waals surface area contributed by atoms with Crippen LogP contribution in [0.15, 0.2) is 60.0 Å². The second-order valence-corrected chi connectivity index (χ2v) is 5.59. The largest absolute Gasteiger partial charge is 0.272 e. The number of hydrogen-bond donors (Lipinski definition) is 1. The van der Waals surface area contributed by atoms with E-state index < -0.39 is 0 Å². The van der Waals surface area contributed by atoms with E-state index in [1.54, 1.807) is 24.5 Å². The highest BCUT2D eigenvalue weighted by Gasteiger charge is 2.14. The molecule has 1 aliphatic rings. The van der Waals surface area contributed by atoms with Crippen LogP contribution >= 0.6 is 0 Å². The van der Waals surface area contributed by atoms with E-state index in [1.165, 1.54) is 28.1 Å². The van der Waals surface area contributed by atoms with Crippen molar-refractivity contribution in [2.24, 2.45) is 5.10 Å². The van der Waals surface area contributed by atoms with Crippen LogP contribution in [0.5, 0.6) is 0 Å². The minimum Gasteiger partial charge on any atom is -0.267 e. The van der Waals surface area contributed by atoms with E-state index in [4.69, 9.17) is 0 Å². The van der Waals surface area contributed by atoms with Gasteiger partial charge in [-0.3, -0.25) is 9.78 Å². The number of hydrogen-bond acceptors (Lipinski definition) is 3. The molecule has 0 spiro atoms. The minimum absolute atomic E-state index is 0.264. The summed E-state index contributed by atoms with van der Waals surface area (Å²) in [5.41, 5.74) is 6.84. The number of benzene rings is 2. The maximum atomic E-state index is 12.0. The Balaban J connectivity index is 1.60. The van der Waals surface area contributed by atoms with E-state index in [0.717, 1.165) is 18.4 Å². The summed E-state index contributed by atoms with van der Waals surface area (Å²) in [4.78, 5) is 15.9. The van der Waals surface area contributed by atoms with Crippen molar-refractivity contribution in [1.29, 1.82) is 0 Å². The van der Waals surface area contributed by atoms with E-state index in [-0.39, 0.29) is 5.91 Å². The fourth-order valence-electron chi connectivity index (χ4n) is 3.10. The zero-order valence-electron chi connectivity index (χ0n) is 12.5. The van der Waals surface area contributed by atoms with Crippen LogP contribution in [0.25, 0.3) is 10.8 Å². The molecule has 3 aromatic rings. The van der Waals surface area contributed by atoms with Crippen LogP contribution in [-0.4, -0.2) is 17.1 Å². The van der Waals surface area contributed by atoms with Crippen molar-refractivity contribution in [2.45, 2.75) is 12.8 Å². The molecule has 0 unspecified atom stereocenters. The van der Waals surface area contributed by atoms with Crippen molar-refractivity contribution in [2.75, 3.05) is 0 Å². The second kappa shape index (κ2) is 5.65. The quantitative estimate of drug-likeness (QED) is 0.597. The number of pyridine rings is 1. The van der Waals surface area contributed by atoms with Crippen molar-refractivity contribution < 1.29 is 4.79 Å². The van der Waals surface area contributed by atoms with Crippen molar-refractivity contribution in [3.05, 3.63) is 77.1 Å². The first-order valence-corrected chi connectivity index (χ1v) is 7.60. The number of carbonyl (C=O) groups excluding carboxylic acids is 1. The Morgan fingerprint density at radius 1 is 1.09 bits per heavy atom. The second-order valence-electron chi connectivity index (χ2n) is 5.59. The Kier molecular flexibility index (Phi) is 3.35. The van der Waals surface area contributed by atoms with Gasteiger partial charge in [-0.15, -0.1) is 0 Å². The molecule has 1 amide bonds. The number of aryl methyl sites for hydroxylation is 2. The van der Waals surface area contributed by atoms with Crippen LogP contribution in [0.4, 0.5) is 0 Å². The first-order chi connectivity index (χ1) is 11.3. The summed E-state index contributed by atoms with van der Waals surface area (Å²) in [7, 11) is 0. The molecule has 0 aliphatic heterocycles. The number of amides is 1. The molecule has 0 saturated carbocycles. The fraction of sp³-hybridized carbons (Fsp3) is 0.105. The van der Waals surface area contributed by atoms with E-state index in [9.17, 15) is 4.79 Å². The Labute approximate surface area is 133 Å². The van der Waals surface area contributed by atoms with Gasteiger partial charge in [-0.05, 0) is 46.9 Å². The molecule has 4 rings (SSSR count). The number of rotatable bonds is 3. The lowest BCUT2D eigenvalue weighted by molar-refractivity contribution is 0.0955. The monoisotopic (exact) mass is 301 g/mol. The number of hydrazone groups is 1. The highest BCUT2D eigenvalue weighted by atomic mass is 16.2. The van der Waals surface area contributed by atoms with Gasteiger partial charge in [0, 0.05) is 18.0 Å². The van der Waals surface area contributed by atoms with E-state index in [0.29, 0.717) is 5.56 Å². The molecular weight excluding hydrogens is 286 g/mol. The third-order valence-corrected chi connectivity index (χ3v) is 4.20. The molecule has 0 radical (unpaired) electrons. The van der Waals surface area contributed by atoms with Crippen molar-refractivity contribution in [1.82, 2.24) is 10.4 Å². The number of nitrogens with zero attached hydrogens (tertiary/aromatic N) is 2. The van der Waals surface area contributed by atoms with E-state index in [1.807, 2.05) is 0 Å². The third-order valence-electron chi connectivity index (χ3n) is 4.20. The van der Waals surface area contributed by atoms with Gasteiger partial charge in [0.05, 0.1) is 11.8 Å². The van der Waals surface area contributed by atoms with Crippen LogP contribution in [0.1, 0.15) is 27.0 Å². The van der Waals surface area contributed by atoms with E-state index >= 15 is 0 Å². The topological polar surface area (TPSA) is 54.4 Å². The summed E-state index contributed by atoms with van der Waals surface area (Å²) < 4.78 is 0. The number of nitrogens with one attached hydrogen (secondary N) is 1. The molecule has 0 bridgehead atoms. The average molecular weight is 301 g/mol. The minimum atomic E-state index is -0.264. The van der Waals surface area contributed by atoms with Gasteiger partial charge in [-0.25, -0.2) is 5.43 Å². The molecule has 1 aromatic heterocycles. The summed E-state index contributed by atoms with van der Waals surface area (Å²) in [6.45, 7) is 0. The molecule has 0 saturated heterocycles. The maximum Gasteiger partial charge on any atom is 0.272 e. The van der Waals surface area contributed by atoms with Crippen molar-refractivity contribution in [3.63, 3.8) is 0 Å². The molecule has 4 heteroatoms. The van der Waals surface area contributed by atoms with Crippen LogP contribution in [0, 0.1) is 0 Å². The maximum absolute atomic E-state index is 12.0. The van der Waals surface area contributed by atoms with E-state index in [2.05, 4.69) is 45.8 Å². The van der Waals surface area contributed by atoms with Crippen LogP contribution < -0.4 is 5.43 Å². The Bertz CT molecular complexity index is 906. The van der Waals surface area contributed by atoms with Gasteiger partial charge >= 0.3 is 0 Å². The van der Waals surface area contributed by atoms with Gasteiger partial charge in [-0.1, -0.05) is 30.3 Å². The molecule has 112 valence electrons. The summed E-state index contributed by atoms with van der Waals surface area (Å²) in [6, 6.07) is 14.0. The zero-order valence-corrected chi connectivity index (χ0v) is 12.5. The summed E-state index contributed by atoms with van der Waals surface area (Å²) in [5, 5.41) is 6.63. The molecule has 1 heterocycles. The Morgan fingerprint density at radius 3 is 2.78 bits per heavy atom. The first kappa shape index (κ1) is 13.6. The smallest absolute Gasteiger partial charge is 0.267 e. The fourth-order valence-corrected chi connectivity index (χ4v) is 3.10. The predicted octanol–water partition coefficient (Wildman–Crippen LogP) is 3.10. The van der Waals surface area contributed by atoms with Crippen molar-refractivity contribution in [3.8, 4) is 0 Å². The van der Waals surface area contributed by atoms with Gasteiger partial charge < -0.3 is 0 Å². The normalized spacial score (nSPS) is 12.9. The number of carbonyl (C=O) groups is 1. The molecular formula is C19H15N3O. The lowest BCUT2D eigenvalue weighted by atomic mass is 10.0. The number of aromatic nitrogens is 1. The summed E-state index contributed by atoms with van der Waals surface area (Å²) in [6.07, 6.45) is 7.06. The summed E-state index contributed by atoms with van der Waals surface area (Å²) in [5.74, 6) is -0.264. The summed E-state index contributed by atoms with van der Waals surface area (Å²) >= 11 is 0. The molecule has 0 atom stereocenters. The lowest BCUT2D eigenvalue weighted by Gasteiger charge is -2.05. The van der Waals surface area contributed by atoms with Gasteiger partial charge in [0.2, 0.25) is 0 Å². The predicted molar refractivity (Wildman–Crippen MR) is 90.7 cm³/mol. The molecule has 1 N–H and O–H groups in total.